The number of carbonyl (C=O) groups is 1. The van der Waals surface area contributed by atoms with Crippen LogP contribution >= 0.6 is 11.6 Å². The van der Waals surface area contributed by atoms with Crippen LogP contribution in [0.1, 0.15) is 24.2 Å². The van der Waals surface area contributed by atoms with Gasteiger partial charge in [0.2, 0.25) is 0 Å². The van der Waals surface area contributed by atoms with E-state index in [1.54, 1.807) is 0 Å². The molecule has 0 aliphatic carbocycles. The van der Waals surface area contributed by atoms with Crippen LogP contribution in [-0.4, -0.2) is 44.2 Å². The molecule has 0 saturated heterocycles. The first kappa shape index (κ1) is 19.8. The highest BCUT2D eigenvalue weighted by molar-refractivity contribution is 6.33. The molecule has 1 aromatic carbocycles. The number of hydrogen-bond acceptors (Lipinski definition) is 5. The number of nitrogens with zero attached hydrogens (tertiary/aromatic N) is 1. The van der Waals surface area contributed by atoms with Gasteiger partial charge in [-0.25, -0.2) is 4.79 Å². The number of esters is 1. The molecule has 1 rings (SSSR count). The Balaban J connectivity index is 0.00000400. The second kappa shape index (κ2) is 9.71. The Labute approximate surface area is 136 Å². The lowest BCUT2D eigenvalue weighted by molar-refractivity contribution is -0.0000240. The van der Waals surface area contributed by atoms with Gasteiger partial charge in [0, 0.05) is 12.6 Å². The van der Waals surface area contributed by atoms with Gasteiger partial charge in [-0.3, -0.25) is 0 Å². The summed E-state index contributed by atoms with van der Waals surface area (Å²) in [4.78, 5) is 14.2. The molecular weight excluding hydrogens is 315 g/mol. The van der Waals surface area contributed by atoms with Crippen LogP contribution in [0.4, 0.5) is 5.69 Å². The number of benzene rings is 1. The van der Waals surface area contributed by atoms with Crippen molar-refractivity contribution in [3.8, 4) is 5.75 Å². The lowest BCUT2D eigenvalue weighted by Gasteiger charge is -2.17. The van der Waals surface area contributed by atoms with E-state index in [0.717, 1.165) is 13.1 Å². The minimum absolute atomic E-state index is 0. The van der Waals surface area contributed by atoms with Gasteiger partial charge in [0.25, 0.3) is 0 Å². The van der Waals surface area contributed by atoms with E-state index in [0.29, 0.717) is 29.6 Å². The second-order valence-electron chi connectivity index (χ2n) is 4.24. The Morgan fingerprint density at radius 3 is 2.48 bits per heavy atom. The van der Waals surface area contributed by atoms with Crippen LogP contribution in [0.2, 0.25) is 5.02 Å². The monoisotopic (exact) mass is 335 g/mol. The maximum Gasteiger partial charge on any atom is 0.342 e. The first-order chi connectivity index (χ1) is 9.53. The summed E-state index contributed by atoms with van der Waals surface area (Å²) in [5, 5.41) is 0.307. The fraction of sp³-hybridized carbons (Fsp3) is 0.500. The van der Waals surface area contributed by atoms with Crippen molar-refractivity contribution >= 4 is 23.3 Å². The van der Waals surface area contributed by atoms with Crippen molar-refractivity contribution in [1.29, 1.82) is 0 Å². The van der Waals surface area contributed by atoms with Gasteiger partial charge in [-0.2, -0.15) is 0 Å². The maximum absolute atomic E-state index is 12.0. The first-order valence-corrected chi connectivity index (χ1v) is 6.93. The van der Waals surface area contributed by atoms with Crippen molar-refractivity contribution in [3.63, 3.8) is 0 Å². The molecule has 0 spiro atoms. The first-order valence-electron chi connectivity index (χ1n) is 6.55. The number of likely N-dealkylation sites (N-methyl/N-ethyl adjacent to an activating group) is 1. The zero-order valence-corrected chi connectivity index (χ0v) is 14.0. The molecule has 0 aliphatic rings. The second-order valence-corrected chi connectivity index (χ2v) is 4.64. The van der Waals surface area contributed by atoms with Crippen molar-refractivity contribution in [1.82, 2.24) is 4.90 Å². The van der Waals surface area contributed by atoms with Crippen molar-refractivity contribution < 1.29 is 26.7 Å². The summed E-state index contributed by atoms with van der Waals surface area (Å²) in [5.74, 6) is -0.101. The largest absolute Gasteiger partial charge is 1.00 e. The van der Waals surface area contributed by atoms with Crippen LogP contribution in [0.3, 0.4) is 0 Å². The average Bonchev–Trinajstić information content (AvgIpc) is 2.45. The molecule has 7 heteroatoms. The van der Waals surface area contributed by atoms with Crippen LogP contribution in [0.15, 0.2) is 12.1 Å². The smallest absolute Gasteiger partial charge is 0.342 e. The normalized spacial score (nSPS) is 10.1. The van der Waals surface area contributed by atoms with Gasteiger partial charge in [-0.1, -0.05) is 25.4 Å². The Morgan fingerprint density at radius 2 is 1.95 bits per heavy atom. The van der Waals surface area contributed by atoms with E-state index in [1.807, 2.05) is 0 Å². The van der Waals surface area contributed by atoms with E-state index in [-0.39, 0.29) is 18.0 Å². The Bertz CT molecular complexity index is 466. The van der Waals surface area contributed by atoms with Gasteiger partial charge in [0.1, 0.15) is 17.9 Å². The summed E-state index contributed by atoms with van der Waals surface area (Å²) in [6.07, 6.45) is 0. The Kier molecular flexibility index (Phi) is 9.17. The zero-order chi connectivity index (χ0) is 15.1. The third-order valence-corrected chi connectivity index (χ3v) is 3.40. The molecule has 120 valence electrons. The minimum atomic E-state index is -0.462. The molecule has 0 bridgehead atoms. The maximum atomic E-state index is 12.0. The molecule has 0 unspecified atom stereocenters. The van der Waals surface area contributed by atoms with Gasteiger partial charge >= 0.3 is 5.97 Å². The summed E-state index contributed by atoms with van der Waals surface area (Å²) >= 11 is 5.92. The Hall–Kier alpha value is -1.17. The zero-order valence-electron chi connectivity index (χ0n) is 12.5. The van der Waals surface area contributed by atoms with E-state index < -0.39 is 5.97 Å². The number of anilines is 1. The summed E-state index contributed by atoms with van der Waals surface area (Å²) in [7, 11) is 1.47. The van der Waals surface area contributed by atoms with Gasteiger partial charge in [0.05, 0.1) is 17.8 Å². The standard InChI is InChI=1S/C14H21ClN2O3.ClH/c1-4-17(5-2)6-7-20-14(18)10-8-11(15)12(16)9-13(10)19-3;/h8-9H,4-7,16H2,1-3H3;1H/p-1. The van der Waals surface area contributed by atoms with E-state index in [2.05, 4.69) is 18.7 Å². The average molecular weight is 336 g/mol. The van der Waals surface area contributed by atoms with E-state index in [1.165, 1.54) is 19.2 Å². The van der Waals surface area contributed by atoms with Crippen LogP contribution < -0.4 is 22.9 Å². The topological polar surface area (TPSA) is 64.8 Å². The lowest BCUT2D eigenvalue weighted by atomic mass is 10.2. The molecule has 0 amide bonds. The highest BCUT2D eigenvalue weighted by atomic mass is 35.5. The van der Waals surface area contributed by atoms with Crippen LogP contribution in [0, 0.1) is 0 Å². The number of methoxy groups -OCH3 is 1. The number of halogens is 2. The minimum Gasteiger partial charge on any atom is -1.00 e. The van der Waals surface area contributed by atoms with Crippen molar-refractivity contribution in [3.05, 3.63) is 22.7 Å². The SMILES string of the molecule is CCN(CC)CCOC(=O)c1cc(Cl)c(N)cc1OC.[Cl-]. The van der Waals surface area contributed by atoms with Crippen molar-refractivity contribution in [2.24, 2.45) is 0 Å². The molecule has 0 fully saturated rings. The van der Waals surface area contributed by atoms with Crippen molar-refractivity contribution in [2.75, 3.05) is 39.1 Å². The van der Waals surface area contributed by atoms with Gasteiger partial charge < -0.3 is 32.5 Å². The number of ether oxygens (including phenoxy) is 2. The molecule has 5 nitrogen and oxygen atoms in total. The molecular formula is C14H21Cl2N2O3-. The number of hydrogen-bond donors (Lipinski definition) is 1. The fourth-order valence-electron chi connectivity index (χ4n) is 1.78. The predicted octanol–water partition coefficient (Wildman–Crippen LogP) is -0.567. The number of nitrogen functional groups attached to an aromatic ring is 1. The molecule has 0 aromatic heterocycles. The summed E-state index contributed by atoms with van der Waals surface area (Å²) in [6.45, 7) is 6.99. The Morgan fingerprint density at radius 1 is 1.33 bits per heavy atom. The van der Waals surface area contributed by atoms with E-state index >= 15 is 0 Å². The molecule has 0 radical (unpaired) electrons. The van der Waals surface area contributed by atoms with Crippen molar-refractivity contribution in [2.45, 2.75) is 13.8 Å². The number of rotatable bonds is 7. The summed E-state index contributed by atoms with van der Waals surface area (Å²) in [6, 6.07) is 2.98. The highest BCUT2D eigenvalue weighted by Gasteiger charge is 2.16. The lowest BCUT2D eigenvalue weighted by Crippen LogP contribution is -3.00. The number of carbonyl (C=O) groups excluding carboxylic acids is 1. The van der Waals surface area contributed by atoms with E-state index in [4.69, 9.17) is 26.8 Å². The van der Waals surface area contributed by atoms with Crippen LogP contribution in [0.25, 0.3) is 0 Å². The molecule has 0 saturated carbocycles. The number of nitrogens with two attached hydrogens (primary N) is 1. The quantitative estimate of drug-likeness (QED) is 0.534. The third kappa shape index (κ3) is 5.61. The predicted molar refractivity (Wildman–Crippen MR) is 80.5 cm³/mol. The van der Waals surface area contributed by atoms with Gasteiger partial charge in [-0.15, -0.1) is 0 Å². The molecule has 0 aliphatic heterocycles. The van der Waals surface area contributed by atoms with Gasteiger partial charge in [-0.05, 0) is 19.2 Å². The molecule has 2 N–H and O–H groups in total. The van der Waals surface area contributed by atoms with E-state index in [9.17, 15) is 4.79 Å². The third-order valence-electron chi connectivity index (χ3n) is 3.07. The molecule has 0 atom stereocenters. The van der Waals surface area contributed by atoms with Gasteiger partial charge in [0.15, 0.2) is 0 Å². The highest BCUT2D eigenvalue weighted by Crippen LogP contribution is 2.29. The van der Waals surface area contributed by atoms with Crippen LogP contribution in [0.5, 0.6) is 5.75 Å². The van der Waals surface area contributed by atoms with Crippen LogP contribution in [-0.2, 0) is 4.74 Å². The molecule has 0 heterocycles. The molecule has 21 heavy (non-hydrogen) atoms. The fourth-order valence-corrected chi connectivity index (χ4v) is 1.95. The summed E-state index contributed by atoms with van der Waals surface area (Å²) in [5.41, 5.74) is 6.32. The molecule has 1 aromatic rings. The summed E-state index contributed by atoms with van der Waals surface area (Å²) < 4.78 is 10.4.